The van der Waals surface area contributed by atoms with Crippen molar-refractivity contribution in [1.29, 1.82) is 0 Å². The predicted octanol–water partition coefficient (Wildman–Crippen LogP) is 3.11. The van der Waals surface area contributed by atoms with Crippen LogP contribution >= 0.6 is 11.6 Å². The number of rotatable bonds is 6. The van der Waals surface area contributed by atoms with Crippen LogP contribution in [0.15, 0.2) is 48.7 Å². The Morgan fingerprint density at radius 2 is 1.85 bits per heavy atom. The van der Waals surface area contributed by atoms with Gasteiger partial charge in [-0.3, -0.25) is 4.79 Å². The molecule has 0 aliphatic rings. The van der Waals surface area contributed by atoms with Gasteiger partial charge in [0.25, 0.3) is 5.91 Å². The molecule has 0 unspecified atom stereocenters. The van der Waals surface area contributed by atoms with Crippen LogP contribution in [0.2, 0.25) is 5.02 Å². The number of hydrogen-bond donors (Lipinski definition) is 1. The third-order valence-electron chi connectivity index (χ3n) is 3.38. The van der Waals surface area contributed by atoms with E-state index >= 15 is 0 Å². The highest BCUT2D eigenvalue weighted by molar-refractivity contribution is 6.30. The van der Waals surface area contributed by atoms with Crippen molar-refractivity contribution in [3.8, 4) is 0 Å². The van der Waals surface area contributed by atoms with Crippen LogP contribution < -0.4 is 5.32 Å². The fourth-order valence-electron chi connectivity index (χ4n) is 1.96. The monoisotopic (exact) mass is 388 g/mol. The van der Waals surface area contributed by atoms with Gasteiger partial charge >= 0.3 is 11.9 Å². The van der Waals surface area contributed by atoms with E-state index in [-0.39, 0.29) is 0 Å². The highest BCUT2D eigenvalue weighted by Crippen LogP contribution is 2.11. The smallest absolute Gasteiger partial charge is 0.337 e. The molecule has 0 saturated heterocycles. The van der Waals surface area contributed by atoms with Gasteiger partial charge in [-0.25, -0.2) is 14.6 Å². The molecule has 1 amide bonds. The van der Waals surface area contributed by atoms with Crippen molar-refractivity contribution in [2.75, 3.05) is 12.4 Å². The van der Waals surface area contributed by atoms with E-state index in [9.17, 15) is 14.4 Å². The number of carbonyl (C=O) groups excluding carboxylic acids is 3. The number of carbonyl (C=O) groups is 3. The van der Waals surface area contributed by atoms with Crippen LogP contribution in [-0.4, -0.2) is 36.0 Å². The van der Waals surface area contributed by atoms with E-state index in [0.717, 1.165) is 0 Å². The molecule has 0 bridgehead atoms. The quantitative estimate of drug-likeness (QED) is 0.603. The molecule has 0 spiro atoms. The van der Waals surface area contributed by atoms with Gasteiger partial charge in [0, 0.05) is 12.3 Å². The van der Waals surface area contributed by atoms with Crippen molar-refractivity contribution in [3.05, 3.63) is 64.8 Å². The zero-order valence-electron chi connectivity index (χ0n) is 14.6. The lowest BCUT2D eigenvalue weighted by atomic mass is 10.1. The van der Waals surface area contributed by atoms with Gasteiger partial charge in [-0.1, -0.05) is 23.7 Å². The molecule has 8 heteroatoms. The molecule has 0 fully saturated rings. The summed E-state index contributed by atoms with van der Waals surface area (Å²) in [6.45, 7) is 1.45. The van der Waals surface area contributed by atoms with Crippen LogP contribution in [0.5, 0.6) is 0 Å². The number of ether oxygens (including phenoxy) is 2. The molecule has 140 valence electrons. The lowest BCUT2D eigenvalue weighted by Gasteiger charge is -2.11. The van der Waals surface area contributed by atoms with E-state index in [1.54, 1.807) is 30.3 Å². The number of amides is 1. The molecule has 1 atom stereocenters. The van der Waals surface area contributed by atoms with Crippen LogP contribution in [0.4, 0.5) is 5.82 Å². The number of hydrogen-bond acceptors (Lipinski definition) is 6. The molecule has 7 nitrogen and oxygen atoms in total. The largest absolute Gasteiger partial charge is 0.465 e. The Hall–Kier alpha value is -3.19. The van der Waals surface area contributed by atoms with E-state index < -0.39 is 23.9 Å². The van der Waals surface area contributed by atoms with Gasteiger partial charge in [-0.05, 0) is 42.8 Å². The predicted molar refractivity (Wildman–Crippen MR) is 100 cm³/mol. The van der Waals surface area contributed by atoms with E-state index in [0.29, 0.717) is 22.0 Å². The molecule has 2 rings (SSSR count). The van der Waals surface area contributed by atoms with E-state index in [1.165, 1.54) is 38.4 Å². The van der Waals surface area contributed by atoms with Crippen LogP contribution in [0.3, 0.4) is 0 Å². The molecule has 27 heavy (non-hydrogen) atoms. The zero-order chi connectivity index (χ0) is 19.8. The summed E-state index contributed by atoms with van der Waals surface area (Å²) in [5, 5.41) is 2.96. The number of nitrogens with zero attached hydrogens (tertiary/aromatic N) is 1. The van der Waals surface area contributed by atoms with E-state index in [4.69, 9.17) is 16.3 Å². The average Bonchev–Trinajstić information content (AvgIpc) is 2.67. The van der Waals surface area contributed by atoms with E-state index in [1.807, 2.05) is 0 Å². The topological polar surface area (TPSA) is 94.6 Å². The van der Waals surface area contributed by atoms with Gasteiger partial charge in [-0.2, -0.15) is 0 Å². The average molecular weight is 389 g/mol. The summed E-state index contributed by atoms with van der Waals surface area (Å²) >= 11 is 5.72. The Bertz CT molecular complexity index is 847. The number of esters is 2. The number of aromatic nitrogens is 1. The minimum atomic E-state index is -1.01. The highest BCUT2D eigenvalue weighted by Gasteiger charge is 2.17. The Kier molecular flexibility index (Phi) is 7.08. The SMILES string of the molecule is COC(=O)c1ccc(/C=C/C(=O)O[C@@H](C)C(=O)Nc2ccc(Cl)cn2)cc1. The first-order chi connectivity index (χ1) is 12.9. The highest BCUT2D eigenvalue weighted by atomic mass is 35.5. The maximum absolute atomic E-state index is 12.0. The summed E-state index contributed by atoms with van der Waals surface area (Å²) in [5.74, 6) is -1.35. The lowest BCUT2D eigenvalue weighted by Crippen LogP contribution is -2.29. The Morgan fingerprint density at radius 1 is 1.15 bits per heavy atom. The van der Waals surface area contributed by atoms with Crippen molar-refractivity contribution < 1.29 is 23.9 Å². The first-order valence-corrected chi connectivity index (χ1v) is 8.26. The molecule has 1 N–H and O–H groups in total. The van der Waals surface area contributed by atoms with Crippen molar-refractivity contribution in [1.82, 2.24) is 4.98 Å². The number of benzene rings is 1. The molecular weight excluding hydrogens is 372 g/mol. The third kappa shape index (κ3) is 6.23. The number of pyridine rings is 1. The second kappa shape index (κ2) is 9.49. The summed E-state index contributed by atoms with van der Waals surface area (Å²) in [7, 11) is 1.30. The minimum absolute atomic E-state index is 0.300. The summed E-state index contributed by atoms with van der Waals surface area (Å²) in [4.78, 5) is 39.2. The van der Waals surface area contributed by atoms with Crippen molar-refractivity contribution in [3.63, 3.8) is 0 Å². The van der Waals surface area contributed by atoms with Crippen LogP contribution in [0.1, 0.15) is 22.8 Å². The second-order valence-corrected chi connectivity index (χ2v) is 5.81. The summed E-state index contributed by atoms with van der Waals surface area (Å²) in [5.41, 5.74) is 1.08. The maximum atomic E-state index is 12.0. The van der Waals surface area contributed by atoms with Gasteiger partial charge in [0.2, 0.25) is 0 Å². The molecule has 1 heterocycles. The molecule has 0 aliphatic carbocycles. The molecule has 0 saturated carbocycles. The number of methoxy groups -OCH3 is 1. The van der Waals surface area contributed by atoms with Gasteiger partial charge in [-0.15, -0.1) is 0 Å². The van der Waals surface area contributed by atoms with Gasteiger partial charge < -0.3 is 14.8 Å². The fourth-order valence-corrected chi connectivity index (χ4v) is 2.07. The normalized spacial score (nSPS) is 11.7. The molecule has 2 aromatic rings. The third-order valence-corrected chi connectivity index (χ3v) is 3.61. The lowest BCUT2D eigenvalue weighted by molar-refractivity contribution is -0.148. The van der Waals surface area contributed by atoms with Gasteiger partial charge in [0.15, 0.2) is 6.10 Å². The Balaban J connectivity index is 1.88. The first kappa shape index (κ1) is 20.1. The minimum Gasteiger partial charge on any atom is -0.465 e. The number of anilines is 1. The Morgan fingerprint density at radius 3 is 2.44 bits per heavy atom. The second-order valence-electron chi connectivity index (χ2n) is 5.38. The summed E-state index contributed by atoms with van der Waals surface area (Å²) in [6, 6.07) is 9.57. The summed E-state index contributed by atoms with van der Waals surface area (Å²) < 4.78 is 9.65. The van der Waals surface area contributed by atoms with Crippen LogP contribution in [0, 0.1) is 0 Å². The first-order valence-electron chi connectivity index (χ1n) is 7.88. The standard InChI is InChI=1S/C19H17ClN2O5/c1-12(18(24)22-16-9-8-15(20)11-21-16)27-17(23)10-5-13-3-6-14(7-4-13)19(25)26-2/h3-12H,1-2H3,(H,21,22,24)/b10-5+/t12-/m0/s1. The Labute approximate surface area is 161 Å². The molecular formula is C19H17ClN2O5. The number of nitrogens with one attached hydrogen (secondary N) is 1. The van der Waals surface area contributed by atoms with Crippen LogP contribution in [-0.2, 0) is 19.1 Å². The molecule has 1 aromatic heterocycles. The van der Waals surface area contributed by atoms with Crippen LogP contribution in [0.25, 0.3) is 6.08 Å². The molecule has 1 aromatic carbocycles. The molecule has 0 aliphatic heterocycles. The van der Waals surface area contributed by atoms with E-state index in [2.05, 4.69) is 15.0 Å². The molecule has 0 radical (unpaired) electrons. The number of halogens is 1. The maximum Gasteiger partial charge on any atom is 0.337 e. The fraction of sp³-hybridized carbons (Fsp3) is 0.158. The van der Waals surface area contributed by atoms with Crippen molar-refractivity contribution >= 4 is 41.3 Å². The van der Waals surface area contributed by atoms with Crippen molar-refractivity contribution in [2.24, 2.45) is 0 Å². The summed E-state index contributed by atoms with van der Waals surface area (Å²) in [6.07, 6.45) is 3.08. The zero-order valence-corrected chi connectivity index (χ0v) is 15.4. The van der Waals surface area contributed by atoms with Gasteiger partial charge in [0.1, 0.15) is 5.82 Å². The van der Waals surface area contributed by atoms with Gasteiger partial charge in [0.05, 0.1) is 17.7 Å². The van der Waals surface area contributed by atoms with Crippen molar-refractivity contribution in [2.45, 2.75) is 13.0 Å².